The summed E-state index contributed by atoms with van der Waals surface area (Å²) in [6.07, 6.45) is 0. The number of hydrogen-bond acceptors (Lipinski definition) is 3. The molecular formula is C11H19ClN2S. The van der Waals surface area contributed by atoms with Crippen LogP contribution in [0.4, 0.5) is 0 Å². The smallest absolute Gasteiger partial charge is 0.0931 e. The largest absolute Gasteiger partial charge is 0.317 e. The minimum Gasteiger partial charge on any atom is -0.317 e. The molecule has 0 spiro atoms. The van der Waals surface area contributed by atoms with Crippen LogP contribution < -0.4 is 10.6 Å². The lowest BCUT2D eigenvalue weighted by molar-refractivity contribution is 0.480. The zero-order valence-electron chi connectivity index (χ0n) is 9.35. The van der Waals surface area contributed by atoms with Gasteiger partial charge in [0.25, 0.3) is 0 Å². The van der Waals surface area contributed by atoms with E-state index in [1.807, 2.05) is 6.07 Å². The molecule has 1 aromatic rings. The molecule has 2 N–H and O–H groups in total. The van der Waals surface area contributed by atoms with E-state index >= 15 is 0 Å². The molecule has 1 atom stereocenters. The first kappa shape index (κ1) is 13.0. The highest BCUT2D eigenvalue weighted by molar-refractivity contribution is 7.16. The molecule has 15 heavy (non-hydrogen) atoms. The maximum Gasteiger partial charge on any atom is 0.0931 e. The van der Waals surface area contributed by atoms with Crippen LogP contribution in [0.15, 0.2) is 12.1 Å². The number of rotatable bonds is 7. The van der Waals surface area contributed by atoms with Gasteiger partial charge < -0.3 is 10.6 Å². The molecule has 0 bridgehead atoms. The monoisotopic (exact) mass is 246 g/mol. The van der Waals surface area contributed by atoms with Gasteiger partial charge in [0.05, 0.1) is 4.34 Å². The van der Waals surface area contributed by atoms with Gasteiger partial charge in [-0.05, 0) is 37.7 Å². The Morgan fingerprint density at radius 2 is 2.07 bits per heavy atom. The Labute approximate surface area is 101 Å². The van der Waals surface area contributed by atoms with E-state index in [1.54, 1.807) is 11.3 Å². The van der Waals surface area contributed by atoms with E-state index in [0.29, 0.717) is 5.92 Å². The van der Waals surface area contributed by atoms with E-state index in [1.165, 1.54) is 4.88 Å². The van der Waals surface area contributed by atoms with Crippen LogP contribution >= 0.6 is 22.9 Å². The highest BCUT2D eigenvalue weighted by Crippen LogP contribution is 2.20. The first-order valence-electron chi connectivity index (χ1n) is 5.38. The van der Waals surface area contributed by atoms with Gasteiger partial charge in [-0.25, -0.2) is 0 Å². The highest BCUT2D eigenvalue weighted by atomic mass is 35.5. The second kappa shape index (κ2) is 7.23. The SMILES string of the molecule is CCNCC(C)CNCc1ccc(Cl)s1. The van der Waals surface area contributed by atoms with Crippen molar-refractivity contribution in [3.05, 3.63) is 21.3 Å². The Morgan fingerprint density at radius 3 is 2.67 bits per heavy atom. The molecule has 1 rings (SSSR count). The standard InChI is InChI=1S/C11H19ClN2S/c1-3-13-6-9(2)7-14-8-10-4-5-11(12)15-10/h4-5,9,13-14H,3,6-8H2,1-2H3. The van der Waals surface area contributed by atoms with E-state index < -0.39 is 0 Å². The molecule has 1 heterocycles. The topological polar surface area (TPSA) is 24.1 Å². The maximum absolute atomic E-state index is 5.85. The van der Waals surface area contributed by atoms with Gasteiger partial charge in [0.2, 0.25) is 0 Å². The lowest BCUT2D eigenvalue weighted by atomic mass is 10.2. The summed E-state index contributed by atoms with van der Waals surface area (Å²) in [5.41, 5.74) is 0. The summed E-state index contributed by atoms with van der Waals surface area (Å²) in [7, 11) is 0. The van der Waals surface area contributed by atoms with Crippen molar-refractivity contribution in [3.8, 4) is 0 Å². The summed E-state index contributed by atoms with van der Waals surface area (Å²) >= 11 is 7.50. The third-order valence-electron chi connectivity index (χ3n) is 2.16. The molecule has 0 saturated carbocycles. The Bertz CT molecular complexity index is 275. The second-order valence-electron chi connectivity index (χ2n) is 3.75. The predicted octanol–water partition coefficient (Wildman–Crippen LogP) is 2.74. The molecule has 0 saturated heterocycles. The second-order valence-corrected chi connectivity index (χ2v) is 5.55. The third-order valence-corrected chi connectivity index (χ3v) is 3.39. The molecule has 0 aliphatic heterocycles. The number of nitrogens with one attached hydrogen (secondary N) is 2. The minimum atomic E-state index is 0.667. The Morgan fingerprint density at radius 1 is 1.33 bits per heavy atom. The van der Waals surface area contributed by atoms with E-state index in [9.17, 15) is 0 Å². The molecule has 1 aromatic heterocycles. The number of hydrogen-bond donors (Lipinski definition) is 2. The molecule has 0 aliphatic rings. The molecule has 2 nitrogen and oxygen atoms in total. The van der Waals surface area contributed by atoms with E-state index in [4.69, 9.17) is 11.6 Å². The number of halogens is 1. The van der Waals surface area contributed by atoms with Gasteiger partial charge in [0.1, 0.15) is 0 Å². The first-order chi connectivity index (χ1) is 7.22. The van der Waals surface area contributed by atoms with Gasteiger partial charge in [0, 0.05) is 11.4 Å². The Balaban J connectivity index is 2.10. The van der Waals surface area contributed by atoms with Crippen molar-refractivity contribution < 1.29 is 0 Å². The zero-order chi connectivity index (χ0) is 11.1. The molecule has 86 valence electrons. The normalized spacial score (nSPS) is 13.0. The molecule has 4 heteroatoms. The Kier molecular flexibility index (Phi) is 6.25. The van der Waals surface area contributed by atoms with Crippen molar-refractivity contribution in [2.24, 2.45) is 5.92 Å². The number of thiophene rings is 1. The van der Waals surface area contributed by atoms with Gasteiger partial charge >= 0.3 is 0 Å². The molecule has 0 amide bonds. The fourth-order valence-electron chi connectivity index (χ4n) is 1.35. The fraction of sp³-hybridized carbons (Fsp3) is 0.636. The van der Waals surface area contributed by atoms with Crippen molar-refractivity contribution >= 4 is 22.9 Å². The average molecular weight is 247 g/mol. The predicted molar refractivity (Wildman–Crippen MR) is 68.7 cm³/mol. The summed E-state index contributed by atoms with van der Waals surface area (Å²) in [5, 5.41) is 6.78. The van der Waals surface area contributed by atoms with Gasteiger partial charge in [0.15, 0.2) is 0 Å². The van der Waals surface area contributed by atoms with Crippen LogP contribution in [0, 0.1) is 5.92 Å². The van der Waals surface area contributed by atoms with Crippen molar-refractivity contribution in [1.82, 2.24) is 10.6 Å². The van der Waals surface area contributed by atoms with Crippen molar-refractivity contribution in [2.45, 2.75) is 20.4 Å². The van der Waals surface area contributed by atoms with Crippen LogP contribution in [0.5, 0.6) is 0 Å². The van der Waals surface area contributed by atoms with E-state index in [0.717, 1.165) is 30.5 Å². The average Bonchev–Trinajstić information content (AvgIpc) is 2.61. The highest BCUT2D eigenvalue weighted by Gasteiger charge is 2.01. The van der Waals surface area contributed by atoms with E-state index in [2.05, 4.69) is 30.5 Å². The quantitative estimate of drug-likeness (QED) is 0.773. The van der Waals surface area contributed by atoms with Gasteiger partial charge in [-0.1, -0.05) is 25.4 Å². The van der Waals surface area contributed by atoms with Crippen molar-refractivity contribution in [2.75, 3.05) is 19.6 Å². The molecule has 0 radical (unpaired) electrons. The van der Waals surface area contributed by atoms with Crippen molar-refractivity contribution in [3.63, 3.8) is 0 Å². The summed E-state index contributed by atoms with van der Waals surface area (Å²) < 4.78 is 0.868. The van der Waals surface area contributed by atoms with Crippen LogP contribution in [0.2, 0.25) is 4.34 Å². The van der Waals surface area contributed by atoms with Crippen molar-refractivity contribution in [1.29, 1.82) is 0 Å². The van der Waals surface area contributed by atoms with Crippen LogP contribution in [0.25, 0.3) is 0 Å². The van der Waals surface area contributed by atoms with Crippen LogP contribution in [-0.2, 0) is 6.54 Å². The molecule has 0 fully saturated rings. The zero-order valence-corrected chi connectivity index (χ0v) is 10.9. The van der Waals surface area contributed by atoms with Crippen LogP contribution in [0.1, 0.15) is 18.7 Å². The van der Waals surface area contributed by atoms with Gasteiger partial charge in [-0.2, -0.15) is 0 Å². The summed E-state index contributed by atoms with van der Waals surface area (Å²) in [4.78, 5) is 1.30. The van der Waals surface area contributed by atoms with Crippen LogP contribution in [-0.4, -0.2) is 19.6 Å². The fourth-order valence-corrected chi connectivity index (χ4v) is 2.41. The summed E-state index contributed by atoms with van der Waals surface area (Å²) in [6.45, 7) is 8.47. The lowest BCUT2D eigenvalue weighted by Crippen LogP contribution is -2.29. The minimum absolute atomic E-state index is 0.667. The van der Waals surface area contributed by atoms with Crippen LogP contribution in [0.3, 0.4) is 0 Å². The molecular weight excluding hydrogens is 228 g/mol. The lowest BCUT2D eigenvalue weighted by Gasteiger charge is -2.12. The first-order valence-corrected chi connectivity index (χ1v) is 6.57. The molecule has 0 aliphatic carbocycles. The van der Waals surface area contributed by atoms with E-state index in [-0.39, 0.29) is 0 Å². The Hall–Kier alpha value is -0.0900. The maximum atomic E-state index is 5.85. The summed E-state index contributed by atoms with van der Waals surface area (Å²) in [6, 6.07) is 4.03. The van der Waals surface area contributed by atoms with Gasteiger partial charge in [-0.3, -0.25) is 0 Å². The molecule has 0 aromatic carbocycles. The van der Waals surface area contributed by atoms with Gasteiger partial charge in [-0.15, -0.1) is 11.3 Å². The molecule has 1 unspecified atom stereocenters. The summed E-state index contributed by atoms with van der Waals surface area (Å²) in [5.74, 6) is 0.667. The third kappa shape index (κ3) is 5.52.